The Morgan fingerprint density at radius 2 is 0.974 bits per heavy atom. The lowest BCUT2D eigenvalue weighted by atomic mass is 10.1. The van der Waals surface area contributed by atoms with Gasteiger partial charge in [-0.1, -0.05) is 59.6 Å². The molecule has 1 aliphatic heterocycles. The molecule has 0 aliphatic carbocycles. The maximum absolute atomic E-state index is 14.1. The summed E-state index contributed by atoms with van der Waals surface area (Å²) in [5.74, 6) is 21.3. The van der Waals surface area contributed by atoms with Crippen LogP contribution in [0.15, 0.2) is 109 Å². The highest BCUT2D eigenvalue weighted by molar-refractivity contribution is 7.70. The normalized spacial score (nSPS) is 15.2. The van der Waals surface area contributed by atoms with Crippen molar-refractivity contribution in [1.82, 2.24) is 29.7 Å². The smallest absolute Gasteiger partial charge is 0.247 e. The Morgan fingerprint density at radius 1 is 0.553 bits per heavy atom. The van der Waals surface area contributed by atoms with Crippen molar-refractivity contribution >= 4 is 38.0 Å². The zero-order valence-corrected chi connectivity index (χ0v) is 48.0. The molecule has 13 nitrogen and oxygen atoms in total. The number of nitrogens with zero attached hydrogens (tertiary/aromatic N) is 6. The van der Waals surface area contributed by atoms with E-state index in [2.05, 4.69) is 50.2 Å². The predicted molar refractivity (Wildman–Crippen MR) is 309 cm³/mol. The lowest BCUT2D eigenvalue weighted by molar-refractivity contribution is 0.0931. The van der Waals surface area contributed by atoms with Crippen molar-refractivity contribution in [2.75, 3.05) is 80.6 Å². The number of aryl methyl sites for hydroxylation is 1. The minimum absolute atomic E-state index is 0.00713. The predicted octanol–water partition coefficient (Wildman–Crippen LogP) is 8.69. The Bertz CT molecular complexity index is 3320. The van der Waals surface area contributed by atoms with E-state index in [9.17, 15) is 13.7 Å². The molecule has 1 aliphatic rings. The molecule has 7 rings (SSSR count). The summed E-state index contributed by atoms with van der Waals surface area (Å²) in [6, 6.07) is 34.6. The van der Waals surface area contributed by atoms with Crippen molar-refractivity contribution in [3.63, 3.8) is 0 Å². The zero-order valence-electron chi connectivity index (χ0n) is 45.3. The van der Waals surface area contributed by atoms with Gasteiger partial charge in [-0.05, 0) is 157 Å². The van der Waals surface area contributed by atoms with Gasteiger partial charge in [-0.25, -0.2) is 15.0 Å². The van der Waals surface area contributed by atoms with E-state index in [1.165, 1.54) is 0 Å². The summed E-state index contributed by atoms with van der Waals surface area (Å²) in [7, 11) is -5.72. The summed E-state index contributed by atoms with van der Waals surface area (Å²) in [6.07, 6.45) is 2.57. The Hall–Kier alpha value is -6.12. The average molecular weight is 1080 g/mol. The molecule has 3 aromatic heterocycles. The lowest BCUT2D eigenvalue weighted by Gasteiger charge is -2.32. The minimum Gasteiger partial charge on any atom is -0.497 e. The second-order valence-electron chi connectivity index (χ2n) is 20.0. The van der Waals surface area contributed by atoms with E-state index >= 15 is 0 Å². The van der Waals surface area contributed by atoms with Gasteiger partial charge in [-0.3, -0.25) is 19.3 Å². The average Bonchev–Trinajstić information content (AvgIpc) is 3.54. The number of benzene rings is 3. The van der Waals surface area contributed by atoms with Crippen molar-refractivity contribution in [2.45, 2.75) is 58.8 Å². The molecule has 16 heteroatoms. The molecule has 3 aromatic carbocycles. The molecule has 0 amide bonds. The molecule has 0 radical (unpaired) electrons. The molecule has 1 saturated heterocycles. The Labute approximate surface area is 450 Å². The summed E-state index contributed by atoms with van der Waals surface area (Å²) in [4.78, 5) is 22.3. The van der Waals surface area contributed by atoms with Gasteiger partial charge >= 0.3 is 0 Å². The number of hydrogen-bond donors (Lipinski definition) is 1. The number of rotatable bonds is 17. The van der Waals surface area contributed by atoms with E-state index in [-0.39, 0.29) is 12.6 Å². The van der Waals surface area contributed by atoms with Crippen molar-refractivity contribution in [1.29, 1.82) is 0 Å². The maximum Gasteiger partial charge on any atom is 0.247 e. The van der Waals surface area contributed by atoms with E-state index in [1.807, 2.05) is 117 Å². The fraction of sp³-hybridized carbons (Fsp3) is 0.350. The second-order valence-corrected chi connectivity index (χ2v) is 28.7. The molecule has 4 heterocycles. The summed E-state index contributed by atoms with van der Waals surface area (Å²) in [5, 5.41) is 0. The van der Waals surface area contributed by atoms with E-state index < -0.39 is 21.7 Å². The van der Waals surface area contributed by atoms with Crippen LogP contribution in [0.3, 0.4) is 0 Å². The van der Waals surface area contributed by atoms with Crippen molar-refractivity contribution in [3.8, 4) is 47.0 Å². The van der Waals surface area contributed by atoms with Crippen molar-refractivity contribution < 1.29 is 27.7 Å². The van der Waals surface area contributed by atoms with Crippen LogP contribution in [0.25, 0.3) is 0 Å². The molecule has 0 spiro atoms. The molecule has 1 fully saturated rings. The highest BCUT2D eigenvalue weighted by Crippen LogP contribution is 2.41. The van der Waals surface area contributed by atoms with Crippen LogP contribution in [0.5, 0.6) is 11.5 Å². The first kappa shape index (κ1) is 57.6. The van der Waals surface area contributed by atoms with E-state index in [0.717, 1.165) is 58.7 Å². The van der Waals surface area contributed by atoms with Gasteiger partial charge < -0.3 is 28.9 Å². The van der Waals surface area contributed by atoms with Gasteiger partial charge in [0.2, 0.25) is 7.37 Å². The fourth-order valence-corrected chi connectivity index (χ4v) is 11.6. The summed E-state index contributed by atoms with van der Waals surface area (Å²) >= 11 is 0. The van der Waals surface area contributed by atoms with Gasteiger partial charge in [0.25, 0.3) is 0 Å². The molecule has 6 aromatic rings. The maximum atomic E-state index is 14.1. The third kappa shape index (κ3) is 16.9. The molecule has 0 bridgehead atoms. The van der Waals surface area contributed by atoms with Crippen LogP contribution in [-0.2, 0) is 37.9 Å². The number of hydrogen-bond acceptors (Lipinski definition) is 13. The number of unbranched alkanes of at least 4 members (excludes halogenated alkanes) is 1. The number of methoxy groups -OCH3 is 2. The van der Waals surface area contributed by atoms with Gasteiger partial charge in [0, 0.05) is 72.3 Å². The Balaban J connectivity index is 1.32. The van der Waals surface area contributed by atoms with Crippen molar-refractivity contribution in [3.05, 3.63) is 165 Å². The number of ether oxygens (including phenoxy) is 2. The Morgan fingerprint density at radius 3 is 1.42 bits per heavy atom. The first-order chi connectivity index (χ1) is 36.3. The molecular formula is C60H70N7O6P3. The number of pyridine rings is 3. The third-order valence-corrected chi connectivity index (χ3v) is 17.1. The molecule has 396 valence electrons. The number of aromatic nitrogens is 3. The lowest BCUT2D eigenvalue weighted by Crippen LogP contribution is -2.42. The second kappa shape index (κ2) is 26.3. The zero-order chi connectivity index (χ0) is 54.5. The van der Waals surface area contributed by atoms with Gasteiger partial charge in [-0.2, -0.15) is 0 Å². The van der Waals surface area contributed by atoms with Crippen molar-refractivity contribution in [2.24, 2.45) is 5.73 Å². The fourth-order valence-electron chi connectivity index (χ4n) is 8.70. The van der Waals surface area contributed by atoms with Crippen LogP contribution < -0.4 is 31.5 Å². The van der Waals surface area contributed by atoms with Gasteiger partial charge in [-0.15, -0.1) is 0 Å². The van der Waals surface area contributed by atoms with E-state index in [1.54, 1.807) is 53.6 Å². The van der Waals surface area contributed by atoms with Crippen LogP contribution in [0.4, 0.5) is 0 Å². The van der Waals surface area contributed by atoms with Crippen LogP contribution in [0, 0.1) is 42.4 Å². The van der Waals surface area contributed by atoms with Crippen LogP contribution >= 0.6 is 21.7 Å². The highest BCUT2D eigenvalue weighted by Gasteiger charge is 2.31. The van der Waals surface area contributed by atoms with E-state index in [4.69, 9.17) is 34.7 Å². The third-order valence-electron chi connectivity index (χ3n) is 12.7. The standard InChI is InChI=1S/C60H70N7O6P3/c1-10-73-76(9,70)60-38-51(23-18-46-16-14-45(2)15-17-46)34-52(64-60)39-65-42-55(13-11-12-32-61)67(41-54-35-50(37-59(63-54)75(7,8)69)22-20-48-26-30-57(72-4)31-27-48)44-66(43-65)40-53-33-49(36-58(62-53)74(5,6)68)21-19-47-24-28-56(71-3)29-25-47/h14-17,24-31,33-38,55H,10-13,32,39-44,61H2,1-9H3/t55-,76?/m0/s1. The topological polar surface area (TPSA) is 153 Å². The monoisotopic (exact) mass is 1080 g/mol. The van der Waals surface area contributed by atoms with Gasteiger partial charge in [0.15, 0.2) is 0 Å². The SMILES string of the molecule is CCOP(C)(=O)c1cc(C#Cc2ccc(C)cc2)cc(CN2C[C@H](CCCCN)N(Cc3cc(C#Cc4ccc(OC)cc4)cc(P(C)(C)=O)n3)CN(Cc3cc(C#Cc4ccc(OC)cc4)cc(P(C)(C)=O)n3)C2)n1. The van der Waals surface area contributed by atoms with Gasteiger partial charge in [0.05, 0.1) is 51.2 Å². The molecule has 2 N–H and O–H groups in total. The van der Waals surface area contributed by atoms with Crippen LogP contribution in [-0.4, -0.2) is 116 Å². The van der Waals surface area contributed by atoms with E-state index in [0.29, 0.717) is 90.4 Å². The van der Waals surface area contributed by atoms with Crippen LogP contribution in [0.1, 0.15) is 82.2 Å². The van der Waals surface area contributed by atoms with Crippen LogP contribution in [0.2, 0.25) is 0 Å². The largest absolute Gasteiger partial charge is 0.497 e. The molecule has 1 unspecified atom stereocenters. The molecular weight excluding hydrogens is 1010 g/mol. The minimum atomic E-state index is -3.32. The Kier molecular flexibility index (Phi) is 19.9. The molecule has 76 heavy (non-hydrogen) atoms. The first-order valence-electron chi connectivity index (χ1n) is 25.5. The highest BCUT2D eigenvalue weighted by atomic mass is 31.2. The number of nitrogens with two attached hydrogens (primary N) is 1. The summed E-state index contributed by atoms with van der Waals surface area (Å²) in [6.45, 7) is 16.0. The first-order valence-corrected chi connectivity index (χ1v) is 32.7. The summed E-state index contributed by atoms with van der Waals surface area (Å²) < 4.78 is 58.3. The molecule has 0 saturated carbocycles. The summed E-state index contributed by atoms with van der Waals surface area (Å²) in [5.41, 5.74) is 15.4. The molecule has 2 atom stereocenters. The van der Waals surface area contributed by atoms with Gasteiger partial charge in [0.1, 0.15) is 42.1 Å². The quantitative estimate of drug-likeness (QED) is 0.0527.